The van der Waals surface area contributed by atoms with Gasteiger partial charge in [0.2, 0.25) is 0 Å². The van der Waals surface area contributed by atoms with Crippen LogP contribution in [0.4, 0.5) is 0 Å². The number of fused-ring (bicyclic) bond motifs is 7. The number of hydrogen-bond acceptors (Lipinski definition) is 0. The monoisotopic (exact) mass is 316 g/mol. The van der Waals surface area contributed by atoms with Crippen molar-refractivity contribution < 1.29 is 0 Å². The third-order valence-electron chi connectivity index (χ3n) is 5.40. The molecule has 0 aliphatic heterocycles. The lowest BCUT2D eigenvalue weighted by molar-refractivity contribution is 1.23. The standard InChI is InChI=1S/C25H16/c1-3-7-20-16(4-2)10-11-19-15-23-22(24(19)20)13-12-18-14-17-8-5-6-9-21(17)25(18)23/h2,5-6,8-13H,14-15H2,1H3. The van der Waals surface area contributed by atoms with Gasteiger partial charge < -0.3 is 0 Å². The van der Waals surface area contributed by atoms with Crippen LogP contribution < -0.4 is 0 Å². The molecular weight excluding hydrogens is 300 g/mol. The number of terminal acetylenes is 1. The molecular formula is C25H16. The second-order valence-corrected chi connectivity index (χ2v) is 6.68. The molecule has 0 saturated carbocycles. The predicted molar refractivity (Wildman–Crippen MR) is 103 cm³/mol. The lowest BCUT2D eigenvalue weighted by Crippen LogP contribution is -1.91. The molecule has 0 aromatic heterocycles. The SMILES string of the molecule is C#Cc1ccc2c(c1C#CC)-c1ccc3c(c1C2)-c1ccccc1C3. The highest BCUT2D eigenvalue weighted by Crippen LogP contribution is 2.48. The van der Waals surface area contributed by atoms with Gasteiger partial charge in [0.25, 0.3) is 0 Å². The first kappa shape index (κ1) is 14.2. The van der Waals surface area contributed by atoms with Crippen LogP contribution in [-0.2, 0) is 12.8 Å². The van der Waals surface area contributed by atoms with Gasteiger partial charge in [-0.25, -0.2) is 0 Å². The highest BCUT2D eigenvalue weighted by Gasteiger charge is 2.29. The third kappa shape index (κ3) is 1.86. The van der Waals surface area contributed by atoms with Crippen molar-refractivity contribution in [2.24, 2.45) is 0 Å². The lowest BCUT2D eigenvalue weighted by atomic mass is 9.93. The van der Waals surface area contributed by atoms with Crippen molar-refractivity contribution in [3.8, 4) is 46.4 Å². The Morgan fingerprint density at radius 2 is 1.60 bits per heavy atom. The first-order chi connectivity index (χ1) is 12.3. The average molecular weight is 316 g/mol. The largest absolute Gasteiger partial charge is 0.115 e. The first-order valence-corrected chi connectivity index (χ1v) is 8.60. The lowest BCUT2D eigenvalue weighted by Gasteiger charge is -2.10. The van der Waals surface area contributed by atoms with Crippen molar-refractivity contribution in [1.29, 1.82) is 0 Å². The van der Waals surface area contributed by atoms with Gasteiger partial charge in [0.1, 0.15) is 0 Å². The highest BCUT2D eigenvalue weighted by atomic mass is 14.3. The van der Waals surface area contributed by atoms with Crippen LogP contribution >= 0.6 is 0 Å². The molecule has 0 saturated heterocycles. The van der Waals surface area contributed by atoms with Gasteiger partial charge in [-0.05, 0) is 64.8 Å². The van der Waals surface area contributed by atoms with E-state index in [0.29, 0.717) is 0 Å². The van der Waals surface area contributed by atoms with Crippen molar-refractivity contribution in [1.82, 2.24) is 0 Å². The van der Waals surface area contributed by atoms with Gasteiger partial charge in [0.15, 0.2) is 0 Å². The van der Waals surface area contributed by atoms with Crippen molar-refractivity contribution >= 4 is 0 Å². The van der Waals surface area contributed by atoms with Gasteiger partial charge >= 0.3 is 0 Å². The second kappa shape index (κ2) is 5.14. The Kier molecular flexibility index (Phi) is 2.91. The van der Waals surface area contributed by atoms with Crippen molar-refractivity contribution in [2.75, 3.05) is 0 Å². The summed E-state index contributed by atoms with van der Waals surface area (Å²) >= 11 is 0. The molecule has 25 heavy (non-hydrogen) atoms. The molecule has 2 aliphatic rings. The fourth-order valence-corrected chi connectivity index (χ4v) is 4.39. The first-order valence-electron chi connectivity index (χ1n) is 8.60. The summed E-state index contributed by atoms with van der Waals surface area (Å²) in [6.07, 6.45) is 7.73. The van der Waals surface area contributed by atoms with Crippen LogP contribution in [0.15, 0.2) is 48.5 Å². The van der Waals surface area contributed by atoms with E-state index in [4.69, 9.17) is 6.42 Å². The zero-order valence-electron chi connectivity index (χ0n) is 14.1. The minimum absolute atomic E-state index is 0.891. The molecule has 0 heteroatoms. The Bertz CT molecular complexity index is 1160. The summed E-state index contributed by atoms with van der Waals surface area (Å²) in [6.45, 7) is 1.87. The molecule has 3 aromatic rings. The zero-order valence-corrected chi connectivity index (χ0v) is 14.1. The molecule has 0 nitrogen and oxygen atoms in total. The minimum Gasteiger partial charge on any atom is -0.115 e. The second-order valence-electron chi connectivity index (χ2n) is 6.68. The van der Waals surface area contributed by atoms with E-state index in [0.717, 1.165) is 24.0 Å². The van der Waals surface area contributed by atoms with E-state index in [9.17, 15) is 0 Å². The maximum Gasteiger partial charge on any atom is 0.0483 e. The number of benzene rings is 3. The van der Waals surface area contributed by atoms with Gasteiger partial charge in [-0.15, -0.1) is 12.3 Å². The van der Waals surface area contributed by atoms with E-state index in [-0.39, 0.29) is 0 Å². The van der Waals surface area contributed by atoms with Crippen molar-refractivity contribution in [2.45, 2.75) is 19.8 Å². The minimum atomic E-state index is 0.891. The van der Waals surface area contributed by atoms with Crippen molar-refractivity contribution in [3.63, 3.8) is 0 Å². The normalized spacial score (nSPS) is 12.3. The van der Waals surface area contributed by atoms with E-state index in [1.54, 1.807) is 0 Å². The molecule has 5 rings (SSSR count). The van der Waals surface area contributed by atoms with Crippen LogP contribution in [0.25, 0.3) is 22.3 Å². The molecule has 0 unspecified atom stereocenters. The van der Waals surface area contributed by atoms with E-state index >= 15 is 0 Å². The molecule has 2 aliphatic carbocycles. The molecule has 0 bridgehead atoms. The number of hydrogen-bond donors (Lipinski definition) is 0. The highest BCUT2D eigenvalue weighted by molar-refractivity contribution is 5.92. The summed E-state index contributed by atoms with van der Waals surface area (Å²) in [4.78, 5) is 0. The van der Waals surface area contributed by atoms with Crippen LogP contribution in [-0.4, -0.2) is 0 Å². The topological polar surface area (TPSA) is 0 Å². The Balaban J connectivity index is 1.83. The molecule has 0 heterocycles. The maximum absolute atomic E-state index is 5.73. The molecule has 0 amide bonds. The van der Waals surface area contributed by atoms with Crippen molar-refractivity contribution in [3.05, 3.63) is 81.9 Å². The Labute approximate surface area is 148 Å². The molecule has 0 N–H and O–H groups in total. The Morgan fingerprint density at radius 1 is 0.800 bits per heavy atom. The quantitative estimate of drug-likeness (QED) is 0.345. The van der Waals surface area contributed by atoms with Gasteiger partial charge in [-0.2, -0.15) is 0 Å². The van der Waals surface area contributed by atoms with E-state index in [1.807, 2.05) is 13.0 Å². The summed E-state index contributed by atoms with van der Waals surface area (Å²) in [5.74, 6) is 9.11. The summed E-state index contributed by atoms with van der Waals surface area (Å²) in [5, 5.41) is 0. The predicted octanol–water partition coefficient (Wildman–Crippen LogP) is 5.18. The average Bonchev–Trinajstić information content (AvgIpc) is 3.19. The summed E-state index contributed by atoms with van der Waals surface area (Å²) < 4.78 is 0. The van der Waals surface area contributed by atoms with Crippen LogP contribution in [0.1, 0.15) is 40.3 Å². The maximum atomic E-state index is 5.73. The summed E-state index contributed by atoms with van der Waals surface area (Å²) in [6, 6.07) is 17.5. The van der Waals surface area contributed by atoms with Crippen LogP contribution in [0.3, 0.4) is 0 Å². The molecule has 0 fully saturated rings. The van der Waals surface area contributed by atoms with E-state index in [1.165, 1.54) is 44.5 Å². The van der Waals surface area contributed by atoms with Gasteiger partial charge in [-0.3, -0.25) is 0 Å². The van der Waals surface area contributed by atoms with Gasteiger partial charge in [0.05, 0.1) is 0 Å². The smallest absolute Gasteiger partial charge is 0.0483 e. The summed E-state index contributed by atoms with van der Waals surface area (Å²) in [7, 11) is 0. The fraction of sp³-hybridized carbons (Fsp3) is 0.120. The van der Waals surface area contributed by atoms with Crippen LogP contribution in [0.2, 0.25) is 0 Å². The Morgan fingerprint density at radius 3 is 2.44 bits per heavy atom. The number of rotatable bonds is 0. The third-order valence-corrected chi connectivity index (χ3v) is 5.40. The molecule has 0 radical (unpaired) electrons. The van der Waals surface area contributed by atoms with E-state index < -0.39 is 0 Å². The van der Waals surface area contributed by atoms with Gasteiger partial charge in [0, 0.05) is 16.7 Å². The van der Waals surface area contributed by atoms with Crippen LogP contribution in [0.5, 0.6) is 0 Å². The Hall–Kier alpha value is -3.22. The molecule has 3 aromatic carbocycles. The van der Waals surface area contributed by atoms with Crippen LogP contribution in [0, 0.1) is 24.2 Å². The van der Waals surface area contributed by atoms with E-state index in [2.05, 4.69) is 60.2 Å². The molecule has 116 valence electrons. The summed E-state index contributed by atoms with van der Waals surface area (Å²) in [5.41, 5.74) is 12.9. The molecule has 0 spiro atoms. The van der Waals surface area contributed by atoms with Gasteiger partial charge in [-0.1, -0.05) is 54.3 Å². The fourth-order valence-electron chi connectivity index (χ4n) is 4.39. The zero-order chi connectivity index (χ0) is 17.0. The molecule has 0 atom stereocenters.